The molecule has 0 saturated carbocycles. The van der Waals surface area contributed by atoms with Crippen LogP contribution in [0.4, 0.5) is 15.2 Å². The number of thiazole rings is 1. The second kappa shape index (κ2) is 9.85. The van der Waals surface area contributed by atoms with E-state index in [1.807, 2.05) is 24.3 Å². The predicted octanol–water partition coefficient (Wildman–Crippen LogP) is 6.83. The Bertz CT molecular complexity index is 1010. The lowest BCUT2D eigenvalue weighted by Crippen LogP contribution is -2.14. The second-order valence-electron chi connectivity index (χ2n) is 7.31. The molecule has 0 aliphatic rings. The lowest BCUT2D eigenvalue weighted by Gasteiger charge is -2.17. The van der Waals surface area contributed by atoms with Gasteiger partial charge in [0.05, 0.1) is 16.7 Å². The molecule has 30 heavy (non-hydrogen) atoms. The number of halogens is 1. The van der Waals surface area contributed by atoms with Crippen molar-refractivity contribution in [2.24, 2.45) is 0 Å². The minimum absolute atomic E-state index is 0.220. The smallest absolute Gasteiger partial charge is 0.205 e. The Morgan fingerprint density at radius 1 is 1.17 bits per heavy atom. The zero-order valence-corrected chi connectivity index (χ0v) is 18.6. The van der Waals surface area contributed by atoms with Crippen molar-refractivity contribution in [3.05, 3.63) is 70.0 Å². The van der Waals surface area contributed by atoms with Crippen LogP contribution in [0.2, 0.25) is 0 Å². The summed E-state index contributed by atoms with van der Waals surface area (Å²) in [5.74, 6) is 0.239. The molecule has 6 heteroatoms. The van der Waals surface area contributed by atoms with Gasteiger partial charge in [0.1, 0.15) is 11.6 Å². The Morgan fingerprint density at radius 3 is 2.53 bits per heavy atom. The van der Waals surface area contributed by atoms with Crippen LogP contribution >= 0.6 is 11.3 Å². The van der Waals surface area contributed by atoms with Crippen LogP contribution < -0.4 is 10.1 Å². The molecule has 1 unspecified atom stereocenters. The number of hydrogen-bond acceptors (Lipinski definition) is 5. The number of nitrogens with one attached hydrogen (secondary N) is 1. The first-order valence-electron chi connectivity index (χ1n) is 10.2. The minimum Gasteiger partial charge on any atom is -0.490 e. The Kier molecular flexibility index (Phi) is 7.21. The molecule has 1 N–H and O–H groups in total. The van der Waals surface area contributed by atoms with Gasteiger partial charge < -0.3 is 10.1 Å². The van der Waals surface area contributed by atoms with Gasteiger partial charge in [-0.15, -0.1) is 0 Å². The quantitative estimate of drug-likeness (QED) is 0.381. The summed E-state index contributed by atoms with van der Waals surface area (Å²) in [5.41, 5.74) is 2.33. The maximum Gasteiger partial charge on any atom is 0.205 e. The van der Waals surface area contributed by atoms with Crippen molar-refractivity contribution in [3.63, 3.8) is 0 Å². The van der Waals surface area contributed by atoms with E-state index < -0.39 is 0 Å². The van der Waals surface area contributed by atoms with Crippen molar-refractivity contribution >= 4 is 27.9 Å². The number of ether oxygens (including phenoxy) is 1. The van der Waals surface area contributed by atoms with Crippen molar-refractivity contribution in [3.8, 4) is 5.75 Å². The molecule has 1 aromatic heterocycles. The molecule has 0 amide bonds. The molecule has 0 aliphatic carbocycles. The number of benzene rings is 2. The van der Waals surface area contributed by atoms with Gasteiger partial charge in [-0.1, -0.05) is 43.7 Å². The zero-order chi connectivity index (χ0) is 21.7. The van der Waals surface area contributed by atoms with Gasteiger partial charge in [-0.05, 0) is 62.6 Å². The summed E-state index contributed by atoms with van der Waals surface area (Å²) in [6, 6.07) is 12.3. The molecular weight excluding hydrogens is 399 g/mol. The number of nitrogens with zero attached hydrogens (tertiary/aromatic N) is 1. The first-order chi connectivity index (χ1) is 14.4. The molecule has 1 atom stereocenters. The molecule has 1 heterocycles. The number of carbonyl (C=O) groups excluding carboxylic acids is 1. The van der Waals surface area contributed by atoms with Crippen LogP contribution in [0.1, 0.15) is 59.6 Å². The molecule has 0 bridgehead atoms. The molecule has 2 aromatic carbocycles. The second-order valence-corrected chi connectivity index (χ2v) is 8.31. The number of ketones is 1. The summed E-state index contributed by atoms with van der Waals surface area (Å²) in [7, 11) is 0. The fraction of sp³-hybridized carbons (Fsp3) is 0.333. The fourth-order valence-electron chi connectivity index (χ4n) is 3.13. The van der Waals surface area contributed by atoms with Crippen molar-refractivity contribution in [2.45, 2.75) is 53.1 Å². The predicted molar refractivity (Wildman–Crippen MR) is 121 cm³/mol. The van der Waals surface area contributed by atoms with Crippen LogP contribution in [-0.4, -0.2) is 16.9 Å². The maximum absolute atomic E-state index is 13.8. The highest BCUT2D eigenvalue weighted by Gasteiger charge is 2.18. The number of anilines is 2. The van der Waals surface area contributed by atoms with E-state index >= 15 is 0 Å². The van der Waals surface area contributed by atoms with Gasteiger partial charge in [0.15, 0.2) is 5.13 Å². The van der Waals surface area contributed by atoms with Crippen molar-refractivity contribution in [1.82, 2.24) is 4.98 Å². The first-order valence-corrected chi connectivity index (χ1v) is 11.0. The number of carbonyl (C=O) groups is 1. The van der Waals surface area contributed by atoms with Crippen molar-refractivity contribution in [1.29, 1.82) is 0 Å². The van der Waals surface area contributed by atoms with Crippen LogP contribution in [0.5, 0.6) is 5.75 Å². The van der Waals surface area contributed by atoms with E-state index in [0.29, 0.717) is 26.8 Å². The molecule has 3 aromatic rings. The molecule has 0 spiro atoms. The molecule has 0 radical (unpaired) electrons. The van der Waals surface area contributed by atoms with Crippen LogP contribution in [0.3, 0.4) is 0 Å². The molecule has 4 nitrogen and oxygen atoms in total. The third kappa shape index (κ3) is 5.25. The van der Waals surface area contributed by atoms with E-state index in [1.54, 1.807) is 26.0 Å². The lowest BCUT2D eigenvalue weighted by molar-refractivity contribution is 0.104. The van der Waals surface area contributed by atoms with Gasteiger partial charge in [-0.25, -0.2) is 9.37 Å². The highest BCUT2D eigenvalue weighted by atomic mass is 32.1. The van der Waals surface area contributed by atoms with Crippen LogP contribution in [0.15, 0.2) is 42.5 Å². The van der Waals surface area contributed by atoms with Gasteiger partial charge in [0, 0.05) is 11.3 Å². The van der Waals surface area contributed by atoms with E-state index in [0.717, 1.165) is 30.7 Å². The standard InChI is InChI=1S/C24H27FN2O2S/c1-5-7-19(6-2)29-20-12-10-18(11-13-20)27-24-26-16(4)23(30-24)22(28)17-9-8-15(3)21(25)14-17/h8-14,19H,5-7H2,1-4H3,(H,26,27). The number of aryl methyl sites for hydroxylation is 2. The SMILES string of the molecule is CCCC(CC)Oc1ccc(Nc2nc(C)c(C(=O)c3ccc(C)c(F)c3)s2)cc1. The van der Waals surface area contributed by atoms with E-state index in [2.05, 4.69) is 24.1 Å². The van der Waals surface area contributed by atoms with E-state index in [1.165, 1.54) is 17.4 Å². The monoisotopic (exact) mass is 426 g/mol. The summed E-state index contributed by atoms with van der Waals surface area (Å²) < 4.78 is 19.9. The Balaban J connectivity index is 1.71. The highest BCUT2D eigenvalue weighted by molar-refractivity contribution is 7.17. The number of rotatable bonds is 9. The average molecular weight is 427 g/mol. The molecular formula is C24H27FN2O2S. The normalized spacial score (nSPS) is 11.9. The Hall–Kier alpha value is -2.73. The van der Waals surface area contributed by atoms with Crippen LogP contribution in [0.25, 0.3) is 0 Å². The topological polar surface area (TPSA) is 51.2 Å². The maximum atomic E-state index is 13.8. The lowest BCUT2D eigenvalue weighted by atomic mass is 10.1. The summed E-state index contributed by atoms with van der Waals surface area (Å²) in [6.07, 6.45) is 3.35. The van der Waals surface area contributed by atoms with Gasteiger partial charge in [0.2, 0.25) is 5.78 Å². The van der Waals surface area contributed by atoms with E-state index in [4.69, 9.17) is 4.74 Å². The van der Waals surface area contributed by atoms with Gasteiger partial charge in [0.25, 0.3) is 0 Å². The zero-order valence-electron chi connectivity index (χ0n) is 17.8. The highest BCUT2D eigenvalue weighted by Crippen LogP contribution is 2.29. The summed E-state index contributed by atoms with van der Waals surface area (Å²) >= 11 is 1.27. The first kappa shape index (κ1) is 22.0. The third-order valence-electron chi connectivity index (χ3n) is 4.91. The number of aromatic nitrogens is 1. The summed E-state index contributed by atoms with van der Waals surface area (Å²) in [5, 5.41) is 3.86. The van der Waals surface area contributed by atoms with E-state index in [9.17, 15) is 9.18 Å². The Labute approximate surface area is 181 Å². The summed E-state index contributed by atoms with van der Waals surface area (Å²) in [4.78, 5) is 17.8. The van der Waals surface area contributed by atoms with Gasteiger partial charge >= 0.3 is 0 Å². The van der Waals surface area contributed by atoms with Gasteiger partial charge in [-0.3, -0.25) is 4.79 Å². The molecule has 0 fully saturated rings. The van der Waals surface area contributed by atoms with Crippen molar-refractivity contribution < 1.29 is 13.9 Å². The molecule has 3 rings (SSSR count). The largest absolute Gasteiger partial charge is 0.490 e. The summed E-state index contributed by atoms with van der Waals surface area (Å²) in [6.45, 7) is 7.75. The molecule has 158 valence electrons. The Morgan fingerprint density at radius 2 is 1.90 bits per heavy atom. The minimum atomic E-state index is -0.382. The fourth-order valence-corrected chi connectivity index (χ4v) is 4.08. The van der Waals surface area contributed by atoms with Gasteiger partial charge in [-0.2, -0.15) is 0 Å². The van der Waals surface area contributed by atoms with E-state index in [-0.39, 0.29) is 17.7 Å². The molecule has 0 saturated heterocycles. The average Bonchev–Trinajstić information content (AvgIpc) is 3.10. The third-order valence-corrected chi connectivity index (χ3v) is 5.98. The van der Waals surface area contributed by atoms with Crippen molar-refractivity contribution in [2.75, 3.05) is 5.32 Å². The van der Waals surface area contributed by atoms with Crippen LogP contribution in [-0.2, 0) is 0 Å². The molecule has 0 aliphatic heterocycles. The number of hydrogen-bond donors (Lipinski definition) is 1. The van der Waals surface area contributed by atoms with Crippen LogP contribution in [0, 0.1) is 19.7 Å².